The third-order valence-electron chi connectivity index (χ3n) is 4.17. The fraction of sp³-hybridized carbons (Fsp3) is 0.150. The molecule has 4 rings (SSSR count). The zero-order valence-corrected chi connectivity index (χ0v) is 14.1. The molecule has 0 amide bonds. The number of halogens is 1. The molecule has 0 aliphatic heterocycles. The molecule has 0 N–H and O–H groups in total. The van der Waals surface area contributed by atoms with Gasteiger partial charge in [0.05, 0.1) is 36.1 Å². The third kappa shape index (κ3) is 2.90. The summed E-state index contributed by atoms with van der Waals surface area (Å²) in [6.07, 6.45) is 1.69. The molecule has 0 atom stereocenters. The number of nitrogens with zero attached hydrogens (tertiary/aromatic N) is 3. The van der Waals surface area contributed by atoms with E-state index < -0.39 is 5.97 Å². The second-order valence-corrected chi connectivity index (χ2v) is 5.89. The van der Waals surface area contributed by atoms with E-state index in [4.69, 9.17) is 4.74 Å². The van der Waals surface area contributed by atoms with Crippen molar-refractivity contribution in [3.05, 3.63) is 71.9 Å². The third-order valence-corrected chi connectivity index (χ3v) is 4.17. The Morgan fingerprint density at radius 2 is 1.96 bits per heavy atom. The van der Waals surface area contributed by atoms with Crippen molar-refractivity contribution in [2.75, 3.05) is 6.61 Å². The van der Waals surface area contributed by atoms with E-state index >= 15 is 0 Å². The van der Waals surface area contributed by atoms with Crippen LogP contribution in [0.5, 0.6) is 0 Å². The highest BCUT2D eigenvalue weighted by Crippen LogP contribution is 2.23. The average molecular weight is 349 g/mol. The first kappa shape index (κ1) is 16.2. The van der Waals surface area contributed by atoms with E-state index in [1.807, 2.05) is 24.3 Å². The van der Waals surface area contributed by atoms with Crippen LogP contribution in [-0.2, 0) is 11.3 Å². The number of aromatic nitrogens is 3. The number of carbonyl (C=O) groups excluding carboxylic acids is 1. The molecule has 0 saturated carbocycles. The molecule has 0 unspecified atom stereocenters. The first-order valence-electron chi connectivity index (χ1n) is 8.32. The quantitative estimate of drug-likeness (QED) is 0.524. The molecule has 0 bridgehead atoms. The Hall–Kier alpha value is -3.28. The second kappa shape index (κ2) is 6.55. The smallest absolute Gasteiger partial charge is 0.354 e. The van der Waals surface area contributed by atoms with Gasteiger partial charge < -0.3 is 9.30 Å². The number of para-hydroxylation sites is 2. The molecule has 26 heavy (non-hydrogen) atoms. The van der Waals surface area contributed by atoms with Gasteiger partial charge in [-0.25, -0.2) is 14.2 Å². The Kier molecular flexibility index (Phi) is 4.08. The summed E-state index contributed by atoms with van der Waals surface area (Å²) in [5.74, 6) is -0.798. The number of fused-ring (bicyclic) bond motifs is 2. The van der Waals surface area contributed by atoms with Crippen LogP contribution in [0.4, 0.5) is 4.39 Å². The fourth-order valence-corrected chi connectivity index (χ4v) is 3.02. The standard InChI is InChI=1S/C20H16FN3O2/c1-2-26-20(25)19-10-13-9-14(21)7-8-18(13)24(19)12-15-11-22-16-5-3-4-6-17(16)23-15/h3-11H,2,12H2,1H3. The van der Waals surface area contributed by atoms with Crippen molar-refractivity contribution in [1.29, 1.82) is 0 Å². The summed E-state index contributed by atoms with van der Waals surface area (Å²) in [7, 11) is 0. The Balaban J connectivity index is 1.82. The Morgan fingerprint density at radius 1 is 1.15 bits per heavy atom. The molecule has 2 aromatic carbocycles. The largest absolute Gasteiger partial charge is 0.461 e. The first-order valence-corrected chi connectivity index (χ1v) is 8.32. The molecule has 2 aromatic heterocycles. The van der Waals surface area contributed by atoms with Crippen LogP contribution < -0.4 is 0 Å². The van der Waals surface area contributed by atoms with Gasteiger partial charge in [-0.15, -0.1) is 0 Å². The van der Waals surface area contributed by atoms with E-state index in [9.17, 15) is 9.18 Å². The van der Waals surface area contributed by atoms with Crippen LogP contribution in [0.2, 0.25) is 0 Å². The molecule has 0 fully saturated rings. The van der Waals surface area contributed by atoms with Crippen molar-refractivity contribution in [2.45, 2.75) is 13.5 Å². The molecular weight excluding hydrogens is 333 g/mol. The molecule has 5 nitrogen and oxygen atoms in total. The van der Waals surface area contributed by atoms with E-state index in [1.165, 1.54) is 12.1 Å². The van der Waals surface area contributed by atoms with Gasteiger partial charge in [-0.3, -0.25) is 4.98 Å². The van der Waals surface area contributed by atoms with Crippen molar-refractivity contribution < 1.29 is 13.9 Å². The molecule has 0 spiro atoms. The highest BCUT2D eigenvalue weighted by atomic mass is 19.1. The minimum Gasteiger partial charge on any atom is -0.461 e. The van der Waals surface area contributed by atoms with Crippen molar-refractivity contribution in [3.8, 4) is 0 Å². The van der Waals surface area contributed by atoms with Crippen LogP contribution in [0.25, 0.3) is 21.9 Å². The van der Waals surface area contributed by atoms with Gasteiger partial charge in [0.1, 0.15) is 11.5 Å². The maximum atomic E-state index is 13.6. The summed E-state index contributed by atoms with van der Waals surface area (Å²) < 4.78 is 20.5. The van der Waals surface area contributed by atoms with E-state index in [0.29, 0.717) is 23.3 Å². The molecule has 0 aliphatic carbocycles. The van der Waals surface area contributed by atoms with Crippen LogP contribution in [0.3, 0.4) is 0 Å². The Labute approximate surface area is 149 Å². The van der Waals surface area contributed by atoms with Gasteiger partial charge in [-0.2, -0.15) is 0 Å². The van der Waals surface area contributed by atoms with Crippen molar-refractivity contribution >= 4 is 27.9 Å². The summed E-state index contributed by atoms with van der Waals surface area (Å²) in [6.45, 7) is 2.35. The predicted molar refractivity (Wildman–Crippen MR) is 96.5 cm³/mol. The Morgan fingerprint density at radius 3 is 2.77 bits per heavy atom. The zero-order valence-electron chi connectivity index (χ0n) is 14.1. The van der Waals surface area contributed by atoms with E-state index in [2.05, 4.69) is 9.97 Å². The lowest BCUT2D eigenvalue weighted by Gasteiger charge is -2.10. The van der Waals surface area contributed by atoms with Gasteiger partial charge in [-0.05, 0) is 43.3 Å². The van der Waals surface area contributed by atoms with Crippen molar-refractivity contribution in [2.24, 2.45) is 0 Å². The van der Waals surface area contributed by atoms with E-state index in [-0.39, 0.29) is 12.4 Å². The van der Waals surface area contributed by atoms with Crippen LogP contribution in [0.15, 0.2) is 54.7 Å². The first-order chi connectivity index (χ1) is 12.7. The van der Waals surface area contributed by atoms with E-state index in [0.717, 1.165) is 16.6 Å². The highest BCUT2D eigenvalue weighted by molar-refractivity contribution is 5.95. The second-order valence-electron chi connectivity index (χ2n) is 5.89. The van der Waals surface area contributed by atoms with E-state index in [1.54, 1.807) is 29.8 Å². The SMILES string of the molecule is CCOC(=O)c1cc2cc(F)ccc2n1Cc1cnc2ccccc2n1. The van der Waals surface area contributed by atoms with Gasteiger partial charge in [0.2, 0.25) is 0 Å². The monoisotopic (exact) mass is 349 g/mol. The number of ether oxygens (including phenoxy) is 1. The topological polar surface area (TPSA) is 57.0 Å². The molecule has 2 heterocycles. The molecule has 6 heteroatoms. The molecular formula is C20H16FN3O2. The molecule has 0 saturated heterocycles. The van der Waals surface area contributed by atoms with Crippen LogP contribution in [0, 0.1) is 5.82 Å². The lowest BCUT2D eigenvalue weighted by atomic mass is 10.2. The van der Waals surface area contributed by atoms with Gasteiger partial charge in [0.15, 0.2) is 0 Å². The zero-order chi connectivity index (χ0) is 18.1. The number of benzene rings is 2. The predicted octanol–water partition coefficient (Wildman–Crippen LogP) is 3.95. The lowest BCUT2D eigenvalue weighted by Crippen LogP contribution is -2.13. The summed E-state index contributed by atoms with van der Waals surface area (Å²) in [5.41, 5.74) is 3.40. The molecule has 0 aliphatic rings. The maximum Gasteiger partial charge on any atom is 0.354 e. The highest BCUT2D eigenvalue weighted by Gasteiger charge is 2.18. The summed E-state index contributed by atoms with van der Waals surface area (Å²) in [4.78, 5) is 21.4. The minimum absolute atomic E-state index is 0.268. The van der Waals surface area contributed by atoms with Crippen LogP contribution >= 0.6 is 0 Å². The minimum atomic E-state index is -0.446. The Bertz CT molecular complexity index is 1120. The number of rotatable bonds is 4. The van der Waals surface area contributed by atoms with Gasteiger partial charge in [-0.1, -0.05) is 12.1 Å². The normalized spacial score (nSPS) is 11.2. The number of esters is 1. The van der Waals surface area contributed by atoms with Crippen LogP contribution in [-0.4, -0.2) is 27.1 Å². The van der Waals surface area contributed by atoms with Gasteiger partial charge >= 0.3 is 5.97 Å². The summed E-state index contributed by atoms with van der Waals surface area (Å²) in [5, 5.41) is 0.641. The van der Waals surface area contributed by atoms with Crippen molar-refractivity contribution in [3.63, 3.8) is 0 Å². The summed E-state index contributed by atoms with van der Waals surface area (Å²) in [6, 6.07) is 13.7. The summed E-state index contributed by atoms with van der Waals surface area (Å²) >= 11 is 0. The maximum absolute atomic E-state index is 13.6. The van der Waals surface area contributed by atoms with Gasteiger partial charge in [0, 0.05) is 10.9 Å². The number of hydrogen-bond acceptors (Lipinski definition) is 4. The molecule has 130 valence electrons. The van der Waals surface area contributed by atoms with Crippen molar-refractivity contribution in [1.82, 2.24) is 14.5 Å². The fourth-order valence-electron chi connectivity index (χ4n) is 3.02. The van der Waals surface area contributed by atoms with Gasteiger partial charge in [0.25, 0.3) is 0 Å². The average Bonchev–Trinajstić information content (AvgIpc) is 2.99. The lowest BCUT2D eigenvalue weighted by molar-refractivity contribution is 0.0515. The molecule has 4 aromatic rings. The van der Waals surface area contributed by atoms with Crippen LogP contribution in [0.1, 0.15) is 23.1 Å². The number of carbonyl (C=O) groups is 1. The number of hydrogen-bond donors (Lipinski definition) is 0. The molecule has 0 radical (unpaired) electrons.